The number of aromatic nitrogens is 4. The van der Waals surface area contributed by atoms with E-state index in [0.717, 1.165) is 0 Å². The highest BCUT2D eigenvalue weighted by Crippen LogP contribution is 2.43. The van der Waals surface area contributed by atoms with Crippen LogP contribution in [0.4, 0.5) is 0 Å². The van der Waals surface area contributed by atoms with Crippen LogP contribution in [0.5, 0.6) is 0 Å². The van der Waals surface area contributed by atoms with Crippen LogP contribution in [-0.4, -0.2) is 57.3 Å². The van der Waals surface area contributed by atoms with Gasteiger partial charge in [0, 0.05) is 7.11 Å². The van der Waals surface area contributed by atoms with Crippen LogP contribution in [0.15, 0.2) is 6.33 Å². The van der Waals surface area contributed by atoms with E-state index in [9.17, 15) is 0 Å². The van der Waals surface area contributed by atoms with Crippen molar-refractivity contribution < 1.29 is 18.9 Å². The van der Waals surface area contributed by atoms with Gasteiger partial charge in [-0.2, -0.15) is 0 Å². The minimum absolute atomic E-state index is 0.221. The van der Waals surface area contributed by atoms with E-state index < -0.39 is 12.0 Å². The standard InChI is InChI=1S/C15H19ClN4O4/c1-7-18-12(16)9-13(19-7)20(6-17-9)14-11-10(8(22-14)5-21-4)23-15(2,3)24-11/h6,8,10-11,14H,5H2,1-4H3/t8-,10-,11-,14?/m1/s1. The first kappa shape index (κ1) is 16.2. The van der Waals surface area contributed by atoms with Crippen molar-refractivity contribution in [3.05, 3.63) is 17.3 Å². The van der Waals surface area contributed by atoms with E-state index in [1.54, 1.807) is 20.4 Å². The minimum atomic E-state index is -0.678. The molecule has 2 aromatic rings. The fourth-order valence-corrected chi connectivity index (χ4v) is 3.61. The number of aryl methyl sites for hydroxylation is 1. The fourth-order valence-electron chi connectivity index (χ4n) is 3.35. The molecule has 4 heterocycles. The van der Waals surface area contributed by atoms with Crippen molar-refractivity contribution in [3.63, 3.8) is 0 Å². The molecule has 4 atom stereocenters. The molecular weight excluding hydrogens is 336 g/mol. The van der Waals surface area contributed by atoms with Gasteiger partial charge >= 0.3 is 0 Å². The Hall–Kier alpha value is -1.32. The molecule has 0 bridgehead atoms. The predicted octanol–water partition coefficient (Wildman–Crippen LogP) is 1.85. The molecule has 0 aliphatic carbocycles. The van der Waals surface area contributed by atoms with Crippen molar-refractivity contribution in [2.75, 3.05) is 13.7 Å². The van der Waals surface area contributed by atoms with Crippen LogP contribution < -0.4 is 0 Å². The lowest BCUT2D eigenvalue weighted by atomic mass is 10.1. The average molecular weight is 355 g/mol. The van der Waals surface area contributed by atoms with Crippen molar-refractivity contribution in [1.82, 2.24) is 19.5 Å². The van der Waals surface area contributed by atoms with Gasteiger partial charge in [0.2, 0.25) is 0 Å². The van der Waals surface area contributed by atoms with Gasteiger partial charge < -0.3 is 18.9 Å². The summed E-state index contributed by atoms with van der Waals surface area (Å²) in [5, 5.41) is 0.322. The lowest BCUT2D eigenvalue weighted by molar-refractivity contribution is -0.200. The Balaban J connectivity index is 1.76. The summed E-state index contributed by atoms with van der Waals surface area (Å²) in [5.74, 6) is -0.108. The molecule has 0 spiro atoms. The number of fused-ring (bicyclic) bond motifs is 2. The first-order valence-electron chi connectivity index (χ1n) is 7.76. The molecule has 4 rings (SSSR count). The molecule has 0 N–H and O–H groups in total. The molecule has 0 aromatic carbocycles. The van der Waals surface area contributed by atoms with E-state index in [1.807, 2.05) is 18.4 Å². The molecule has 0 amide bonds. The normalized spacial score (nSPS) is 31.7. The lowest BCUT2D eigenvalue weighted by Gasteiger charge is -2.24. The first-order valence-corrected chi connectivity index (χ1v) is 8.14. The first-order chi connectivity index (χ1) is 11.4. The van der Waals surface area contributed by atoms with Gasteiger partial charge in [-0.25, -0.2) is 15.0 Å². The van der Waals surface area contributed by atoms with Crippen molar-refractivity contribution in [1.29, 1.82) is 0 Å². The number of ether oxygens (including phenoxy) is 4. The molecule has 2 aliphatic heterocycles. The van der Waals surface area contributed by atoms with E-state index in [0.29, 0.717) is 28.7 Å². The second-order valence-corrected chi connectivity index (χ2v) is 6.83. The largest absolute Gasteiger partial charge is 0.382 e. The zero-order valence-electron chi connectivity index (χ0n) is 13.9. The molecule has 1 unspecified atom stereocenters. The quantitative estimate of drug-likeness (QED) is 0.778. The highest BCUT2D eigenvalue weighted by Gasteiger charge is 2.56. The van der Waals surface area contributed by atoms with Gasteiger partial charge in [-0.3, -0.25) is 4.57 Å². The average Bonchev–Trinajstić information content (AvgIpc) is 3.12. The van der Waals surface area contributed by atoms with E-state index in [1.165, 1.54) is 0 Å². The lowest BCUT2D eigenvalue weighted by Crippen LogP contribution is -2.32. The maximum Gasteiger partial charge on any atom is 0.167 e. The molecule has 2 saturated heterocycles. The minimum Gasteiger partial charge on any atom is -0.382 e. The second-order valence-electron chi connectivity index (χ2n) is 6.47. The summed E-state index contributed by atoms with van der Waals surface area (Å²) < 4.78 is 25.3. The van der Waals surface area contributed by atoms with E-state index in [2.05, 4.69) is 15.0 Å². The second kappa shape index (κ2) is 5.60. The molecular formula is C15H19ClN4O4. The van der Waals surface area contributed by atoms with Gasteiger partial charge in [0.1, 0.15) is 29.7 Å². The maximum atomic E-state index is 6.17. The Morgan fingerprint density at radius 2 is 2.04 bits per heavy atom. The fraction of sp³-hybridized carbons (Fsp3) is 0.667. The summed E-state index contributed by atoms with van der Waals surface area (Å²) in [6.45, 7) is 5.98. The Kier molecular flexibility index (Phi) is 3.77. The summed E-state index contributed by atoms with van der Waals surface area (Å²) >= 11 is 6.17. The molecule has 2 fully saturated rings. The number of imidazole rings is 1. The van der Waals surface area contributed by atoms with Crippen molar-refractivity contribution in [2.24, 2.45) is 0 Å². The van der Waals surface area contributed by atoms with Gasteiger partial charge in [-0.05, 0) is 20.8 Å². The van der Waals surface area contributed by atoms with Crippen LogP contribution in [-0.2, 0) is 18.9 Å². The van der Waals surface area contributed by atoms with Gasteiger partial charge in [0.25, 0.3) is 0 Å². The SMILES string of the molecule is COC[C@H]1OC(n2cnc3c(Cl)nc(C)nc32)[C@@H]2OC(C)(C)O[C@H]12. The van der Waals surface area contributed by atoms with Gasteiger partial charge in [0.15, 0.2) is 22.8 Å². The Labute approximate surface area is 144 Å². The zero-order chi connectivity index (χ0) is 17.1. The molecule has 8 nitrogen and oxygen atoms in total. The number of methoxy groups -OCH3 is 1. The maximum absolute atomic E-state index is 6.17. The summed E-state index contributed by atoms with van der Waals surface area (Å²) in [6.07, 6.45) is 0.485. The summed E-state index contributed by atoms with van der Waals surface area (Å²) in [6, 6.07) is 0. The van der Waals surface area contributed by atoms with E-state index in [-0.39, 0.29) is 18.3 Å². The van der Waals surface area contributed by atoms with Crippen LogP contribution in [0, 0.1) is 6.92 Å². The molecule has 0 radical (unpaired) electrons. The number of hydrogen-bond acceptors (Lipinski definition) is 7. The van der Waals surface area contributed by atoms with Crippen LogP contribution in [0.25, 0.3) is 11.2 Å². The van der Waals surface area contributed by atoms with Crippen LogP contribution in [0.3, 0.4) is 0 Å². The van der Waals surface area contributed by atoms with Crippen molar-refractivity contribution >= 4 is 22.8 Å². The molecule has 9 heteroatoms. The highest BCUT2D eigenvalue weighted by atomic mass is 35.5. The zero-order valence-corrected chi connectivity index (χ0v) is 14.6. The summed E-state index contributed by atoms with van der Waals surface area (Å²) in [4.78, 5) is 12.9. The van der Waals surface area contributed by atoms with Crippen LogP contribution in [0.2, 0.25) is 5.15 Å². The van der Waals surface area contributed by atoms with Crippen molar-refractivity contribution in [3.8, 4) is 0 Å². The van der Waals surface area contributed by atoms with E-state index in [4.69, 9.17) is 30.5 Å². The third-order valence-electron chi connectivity index (χ3n) is 4.22. The molecule has 24 heavy (non-hydrogen) atoms. The van der Waals surface area contributed by atoms with Crippen LogP contribution in [0.1, 0.15) is 25.9 Å². The third-order valence-corrected chi connectivity index (χ3v) is 4.48. The third kappa shape index (κ3) is 2.49. The summed E-state index contributed by atoms with van der Waals surface area (Å²) in [7, 11) is 1.63. The number of rotatable bonds is 3. The summed E-state index contributed by atoms with van der Waals surface area (Å²) in [5.41, 5.74) is 1.15. The predicted molar refractivity (Wildman–Crippen MR) is 84.7 cm³/mol. The highest BCUT2D eigenvalue weighted by molar-refractivity contribution is 6.33. The Morgan fingerprint density at radius 3 is 2.79 bits per heavy atom. The Bertz CT molecular complexity index is 780. The number of nitrogens with zero attached hydrogens (tertiary/aromatic N) is 4. The molecule has 2 aromatic heterocycles. The van der Waals surface area contributed by atoms with Crippen LogP contribution >= 0.6 is 11.6 Å². The van der Waals surface area contributed by atoms with Gasteiger partial charge in [-0.1, -0.05) is 11.6 Å². The molecule has 2 aliphatic rings. The monoisotopic (exact) mass is 354 g/mol. The topological polar surface area (TPSA) is 80.5 Å². The van der Waals surface area contributed by atoms with E-state index >= 15 is 0 Å². The van der Waals surface area contributed by atoms with Gasteiger partial charge in [-0.15, -0.1) is 0 Å². The molecule has 130 valence electrons. The Morgan fingerprint density at radius 1 is 1.29 bits per heavy atom. The van der Waals surface area contributed by atoms with Gasteiger partial charge in [0.05, 0.1) is 12.9 Å². The smallest absolute Gasteiger partial charge is 0.167 e. The molecule has 0 saturated carbocycles. The number of halogens is 1. The number of hydrogen-bond donors (Lipinski definition) is 0. The van der Waals surface area contributed by atoms with Crippen molar-refractivity contribution in [2.45, 2.75) is 51.1 Å².